The van der Waals surface area contributed by atoms with E-state index < -0.39 is 0 Å². The molecule has 1 atom stereocenters. The van der Waals surface area contributed by atoms with Gasteiger partial charge in [-0.15, -0.1) is 0 Å². The van der Waals surface area contributed by atoms with Crippen LogP contribution < -0.4 is 5.32 Å². The Balaban J connectivity index is 1.75. The first-order chi connectivity index (χ1) is 5.95. The number of ether oxygens (including phenoxy) is 1. The summed E-state index contributed by atoms with van der Waals surface area (Å²) in [6.45, 7) is 3.25. The summed E-state index contributed by atoms with van der Waals surface area (Å²) in [6, 6.07) is 0. The Morgan fingerprint density at radius 1 is 1.58 bits per heavy atom. The van der Waals surface area contributed by atoms with E-state index in [1.54, 1.807) is 5.57 Å². The average molecular weight is 167 g/mol. The smallest absolute Gasteiger partial charge is 0.0610 e. The van der Waals surface area contributed by atoms with E-state index in [1.807, 2.05) is 0 Å². The van der Waals surface area contributed by atoms with Gasteiger partial charge in [-0.2, -0.15) is 0 Å². The molecule has 68 valence electrons. The van der Waals surface area contributed by atoms with Crippen molar-refractivity contribution in [3.63, 3.8) is 0 Å². The van der Waals surface area contributed by atoms with Crippen molar-refractivity contribution in [1.82, 2.24) is 5.32 Å². The van der Waals surface area contributed by atoms with Crippen LogP contribution in [0.25, 0.3) is 0 Å². The molecule has 0 spiro atoms. The summed E-state index contributed by atoms with van der Waals surface area (Å²) in [7, 11) is 0. The molecule has 2 heteroatoms. The van der Waals surface area contributed by atoms with Gasteiger partial charge in [0.05, 0.1) is 6.10 Å². The molecule has 1 unspecified atom stereocenters. The highest BCUT2D eigenvalue weighted by Gasteiger charge is 2.14. The fraction of sp³-hybridized carbons (Fsp3) is 0.800. The number of nitrogens with one attached hydrogen (secondary N) is 1. The second-order valence-corrected chi connectivity index (χ2v) is 3.66. The topological polar surface area (TPSA) is 21.3 Å². The van der Waals surface area contributed by atoms with Crippen molar-refractivity contribution in [1.29, 1.82) is 0 Å². The third-order valence-corrected chi connectivity index (χ3v) is 2.67. The Labute approximate surface area is 74.0 Å². The monoisotopic (exact) mass is 167 g/mol. The molecule has 0 aromatic heterocycles. The highest BCUT2D eigenvalue weighted by Crippen LogP contribution is 2.17. The molecular weight excluding hydrogens is 150 g/mol. The van der Waals surface area contributed by atoms with Crippen molar-refractivity contribution in [2.45, 2.75) is 31.8 Å². The Hall–Kier alpha value is -0.340. The van der Waals surface area contributed by atoms with Crippen molar-refractivity contribution in [3.8, 4) is 0 Å². The second kappa shape index (κ2) is 4.06. The predicted molar refractivity (Wildman–Crippen MR) is 49.2 cm³/mol. The van der Waals surface area contributed by atoms with Crippen LogP contribution >= 0.6 is 0 Å². The van der Waals surface area contributed by atoms with E-state index in [4.69, 9.17) is 4.74 Å². The zero-order chi connectivity index (χ0) is 8.23. The molecule has 0 aliphatic carbocycles. The molecule has 2 fully saturated rings. The van der Waals surface area contributed by atoms with Gasteiger partial charge in [-0.25, -0.2) is 0 Å². The van der Waals surface area contributed by atoms with E-state index in [-0.39, 0.29) is 0 Å². The van der Waals surface area contributed by atoms with Gasteiger partial charge in [-0.05, 0) is 32.2 Å². The lowest BCUT2D eigenvalue weighted by molar-refractivity contribution is 0.113. The van der Waals surface area contributed by atoms with Crippen LogP contribution in [0, 0.1) is 0 Å². The van der Waals surface area contributed by atoms with E-state index in [0.29, 0.717) is 6.10 Å². The van der Waals surface area contributed by atoms with E-state index in [9.17, 15) is 0 Å². The molecule has 2 heterocycles. The molecule has 0 radical (unpaired) electrons. The van der Waals surface area contributed by atoms with E-state index >= 15 is 0 Å². The van der Waals surface area contributed by atoms with Crippen molar-refractivity contribution < 1.29 is 4.74 Å². The summed E-state index contributed by atoms with van der Waals surface area (Å²) in [5.74, 6) is 0. The lowest BCUT2D eigenvalue weighted by Gasteiger charge is -2.05. The van der Waals surface area contributed by atoms with Gasteiger partial charge in [0.2, 0.25) is 0 Å². The molecule has 2 aliphatic heterocycles. The molecule has 12 heavy (non-hydrogen) atoms. The Bertz CT molecular complexity index is 163. The summed E-state index contributed by atoms with van der Waals surface area (Å²) in [5.41, 5.74) is 1.57. The molecule has 2 nitrogen and oxygen atoms in total. The van der Waals surface area contributed by atoms with Gasteiger partial charge in [0.25, 0.3) is 0 Å². The maximum absolute atomic E-state index is 5.55. The molecule has 0 amide bonds. The largest absolute Gasteiger partial charge is 0.378 e. The van der Waals surface area contributed by atoms with Gasteiger partial charge in [0.1, 0.15) is 0 Å². The SMILES string of the molecule is C(/CC1CCCO1)=C1\CCNC1. The lowest BCUT2D eigenvalue weighted by atomic mass is 10.1. The van der Waals surface area contributed by atoms with Crippen molar-refractivity contribution in [2.75, 3.05) is 19.7 Å². The molecule has 0 aromatic rings. The molecular formula is C10H17NO. The highest BCUT2D eigenvalue weighted by atomic mass is 16.5. The number of rotatable bonds is 2. The minimum Gasteiger partial charge on any atom is -0.378 e. The van der Waals surface area contributed by atoms with Crippen LogP contribution in [0.3, 0.4) is 0 Å². The molecule has 1 N–H and O–H groups in total. The summed E-state index contributed by atoms with van der Waals surface area (Å²) in [4.78, 5) is 0. The van der Waals surface area contributed by atoms with Crippen LogP contribution in [0.1, 0.15) is 25.7 Å². The van der Waals surface area contributed by atoms with Gasteiger partial charge in [0.15, 0.2) is 0 Å². The van der Waals surface area contributed by atoms with Crippen molar-refractivity contribution >= 4 is 0 Å². The molecule has 0 saturated carbocycles. The Morgan fingerprint density at radius 2 is 2.58 bits per heavy atom. The molecule has 0 bridgehead atoms. The Kier molecular flexibility index (Phi) is 2.79. The quantitative estimate of drug-likeness (QED) is 0.629. The molecule has 2 aliphatic rings. The summed E-state index contributed by atoms with van der Waals surface area (Å²) in [6.07, 6.45) is 7.79. The van der Waals surface area contributed by atoms with E-state index in [0.717, 1.165) is 26.1 Å². The van der Waals surface area contributed by atoms with Crippen LogP contribution in [0.15, 0.2) is 11.6 Å². The van der Waals surface area contributed by atoms with Crippen LogP contribution in [0.4, 0.5) is 0 Å². The fourth-order valence-electron chi connectivity index (χ4n) is 1.89. The van der Waals surface area contributed by atoms with Gasteiger partial charge in [0, 0.05) is 13.2 Å². The maximum atomic E-state index is 5.55. The number of hydrogen-bond donors (Lipinski definition) is 1. The first-order valence-electron chi connectivity index (χ1n) is 4.95. The average Bonchev–Trinajstić information content (AvgIpc) is 2.74. The molecule has 0 aromatic carbocycles. The standard InChI is InChI=1S/C10H17NO/c1-2-10(12-7-1)4-3-9-5-6-11-8-9/h3,10-11H,1-2,4-8H2/b9-3-. The van der Waals surface area contributed by atoms with Crippen LogP contribution in [0.2, 0.25) is 0 Å². The minimum absolute atomic E-state index is 0.526. The van der Waals surface area contributed by atoms with Gasteiger partial charge in [-0.1, -0.05) is 11.6 Å². The normalized spacial score (nSPS) is 33.3. The van der Waals surface area contributed by atoms with Gasteiger partial charge >= 0.3 is 0 Å². The van der Waals surface area contributed by atoms with Crippen molar-refractivity contribution in [2.24, 2.45) is 0 Å². The van der Waals surface area contributed by atoms with Crippen molar-refractivity contribution in [3.05, 3.63) is 11.6 Å². The van der Waals surface area contributed by atoms with Gasteiger partial charge < -0.3 is 10.1 Å². The first kappa shape index (κ1) is 8.27. The van der Waals surface area contributed by atoms with Gasteiger partial charge in [-0.3, -0.25) is 0 Å². The van der Waals surface area contributed by atoms with Crippen LogP contribution in [-0.4, -0.2) is 25.8 Å². The zero-order valence-electron chi connectivity index (χ0n) is 7.51. The van der Waals surface area contributed by atoms with E-state index in [1.165, 1.54) is 19.3 Å². The fourth-order valence-corrected chi connectivity index (χ4v) is 1.89. The summed E-state index contributed by atoms with van der Waals surface area (Å²) in [5, 5.41) is 3.34. The van der Waals surface area contributed by atoms with Crippen LogP contribution in [-0.2, 0) is 4.74 Å². The predicted octanol–water partition coefficient (Wildman–Crippen LogP) is 1.48. The minimum atomic E-state index is 0.526. The second-order valence-electron chi connectivity index (χ2n) is 3.66. The zero-order valence-corrected chi connectivity index (χ0v) is 7.51. The highest BCUT2D eigenvalue weighted by molar-refractivity contribution is 5.09. The van der Waals surface area contributed by atoms with Crippen LogP contribution in [0.5, 0.6) is 0 Å². The molecule has 2 rings (SSSR count). The lowest BCUT2D eigenvalue weighted by Crippen LogP contribution is -2.05. The first-order valence-corrected chi connectivity index (χ1v) is 4.95. The third-order valence-electron chi connectivity index (χ3n) is 2.67. The third kappa shape index (κ3) is 2.08. The molecule has 2 saturated heterocycles. The summed E-state index contributed by atoms with van der Waals surface area (Å²) >= 11 is 0. The summed E-state index contributed by atoms with van der Waals surface area (Å²) < 4.78 is 5.55. The van der Waals surface area contributed by atoms with E-state index in [2.05, 4.69) is 11.4 Å². The number of hydrogen-bond acceptors (Lipinski definition) is 2. The Morgan fingerprint density at radius 3 is 3.25 bits per heavy atom. The maximum Gasteiger partial charge on any atom is 0.0610 e.